The molecule has 1 aromatic carbocycles. The van der Waals surface area contributed by atoms with Crippen molar-refractivity contribution in [2.24, 2.45) is 0 Å². The summed E-state index contributed by atoms with van der Waals surface area (Å²) in [5, 5.41) is 3.31. The van der Waals surface area contributed by atoms with Crippen molar-refractivity contribution < 1.29 is 22.7 Å². The molecule has 0 aliphatic rings. The average molecular weight is 488 g/mol. The Morgan fingerprint density at radius 3 is 2.12 bits per heavy atom. The van der Waals surface area contributed by atoms with Crippen molar-refractivity contribution in [2.75, 3.05) is 32.9 Å². The molecular weight excluding hydrogens is 443 g/mol. The normalized spacial score (nSPS) is 14.3. The lowest BCUT2D eigenvalue weighted by Crippen LogP contribution is -2.52. The van der Waals surface area contributed by atoms with E-state index in [1.807, 2.05) is 19.0 Å². The maximum Gasteiger partial charge on any atom is 0.416 e. The summed E-state index contributed by atoms with van der Waals surface area (Å²) in [5.41, 5.74) is 2.99. The second-order valence-corrected chi connectivity index (χ2v) is 10.4. The molecule has 0 radical (unpaired) electrons. The van der Waals surface area contributed by atoms with Gasteiger partial charge in [-0.3, -0.25) is 5.32 Å². The van der Waals surface area contributed by atoms with E-state index < -0.39 is 28.8 Å². The maximum atomic E-state index is 13.6. The van der Waals surface area contributed by atoms with Gasteiger partial charge in [0.15, 0.2) is 0 Å². The number of nitrogen functional groups attached to an aromatic ring is 1. The molecule has 1 aromatic rings. The summed E-state index contributed by atoms with van der Waals surface area (Å²) in [7, 11) is 3.90. The fraction of sp³-hybridized carbons (Fsp3) is 0.731. The van der Waals surface area contributed by atoms with E-state index in [0.29, 0.717) is 19.4 Å². The monoisotopic (exact) mass is 487 g/mol. The molecule has 34 heavy (non-hydrogen) atoms. The molecule has 0 aliphatic heterocycles. The highest BCUT2D eigenvalue weighted by molar-refractivity contribution is 5.83. The van der Waals surface area contributed by atoms with Crippen molar-refractivity contribution in [3.8, 4) is 0 Å². The quantitative estimate of drug-likeness (QED) is 0.188. The molecule has 0 saturated heterocycles. The summed E-state index contributed by atoms with van der Waals surface area (Å²) < 4.78 is 46.7. The van der Waals surface area contributed by atoms with E-state index >= 15 is 0 Å². The number of nitrogens with one attached hydrogen (secondary N) is 1. The number of benzene rings is 1. The zero-order chi connectivity index (χ0) is 26.0. The molecule has 0 amide bonds. The first kappa shape index (κ1) is 30.2. The summed E-state index contributed by atoms with van der Waals surface area (Å²) in [6, 6.07) is 3.41. The average Bonchev–Trinajstić information content (AvgIpc) is 2.69. The summed E-state index contributed by atoms with van der Waals surface area (Å²) in [5.74, 6) is -0.572. The van der Waals surface area contributed by atoms with Crippen molar-refractivity contribution in [1.29, 1.82) is 0 Å². The van der Waals surface area contributed by atoms with E-state index in [0.717, 1.165) is 57.2 Å². The predicted molar refractivity (Wildman–Crippen MR) is 133 cm³/mol. The second kappa shape index (κ2) is 13.3. The van der Waals surface area contributed by atoms with Gasteiger partial charge >= 0.3 is 12.1 Å². The van der Waals surface area contributed by atoms with E-state index in [4.69, 9.17) is 10.5 Å². The summed E-state index contributed by atoms with van der Waals surface area (Å²) in [6.45, 7) is 8.64. The minimum absolute atomic E-state index is 0.0317. The Morgan fingerprint density at radius 1 is 0.971 bits per heavy atom. The summed E-state index contributed by atoms with van der Waals surface area (Å²) >= 11 is 0. The van der Waals surface area contributed by atoms with Crippen LogP contribution in [0.15, 0.2) is 18.2 Å². The number of nitrogens with two attached hydrogens (primary N) is 1. The van der Waals surface area contributed by atoms with Crippen LogP contribution in [0.2, 0.25) is 0 Å². The fourth-order valence-electron chi connectivity index (χ4n) is 3.92. The number of hydrogen-bond acceptors (Lipinski definition) is 5. The van der Waals surface area contributed by atoms with Crippen LogP contribution < -0.4 is 11.1 Å². The largest absolute Gasteiger partial charge is 0.458 e. The smallest absolute Gasteiger partial charge is 0.416 e. The van der Waals surface area contributed by atoms with Crippen molar-refractivity contribution in [3.63, 3.8) is 0 Å². The van der Waals surface area contributed by atoms with Gasteiger partial charge in [-0.15, -0.1) is 0 Å². The summed E-state index contributed by atoms with van der Waals surface area (Å²) in [4.78, 5) is 15.7. The number of hydrogen-bond donors (Lipinski definition) is 2. The van der Waals surface area contributed by atoms with Gasteiger partial charge in [0.25, 0.3) is 0 Å². The van der Waals surface area contributed by atoms with Gasteiger partial charge in [0, 0.05) is 5.69 Å². The lowest BCUT2D eigenvalue weighted by Gasteiger charge is -2.36. The number of ether oxygens (including phenoxy) is 1. The Kier molecular flexibility index (Phi) is 11.9. The SMILES string of the molecule is CCCCCCCCC(NCCCN(C)C)(C(=O)OC(C)(C)C)c1cc(N)cc(C(F)(F)F)c1. The molecule has 196 valence electrons. The highest BCUT2D eigenvalue weighted by Crippen LogP contribution is 2.37. The first-order valence-electron chi connectivity index (χ1n) is 12.3. The second-order valence-electron chi connectivity index (χ2n) is 10.4. The van der Waals surface area contributed by atoms with Crippen LogP contribution in [0.25, 0.3) is 0 Å². The lowest BCUT2D eigenvalue weighted by atomic mass is 9.82. The number of alkyl halides is 3. The molecule has 1 atom stereocenters. The number of esters is 1. The molecule has 0 bridgehead atoms. The van der Waals surface area contributed by atoms with E-state index in [2.05, 4.69) is 12.2 Å². The first-order valence-corrected chi connectivity index (χ1v) is 12.3. The standard InChI is InChI=1S/C26H44F3N3O2/c1-7-8-9-10-11-12-14-25(23(33)34-24(2,3)4,31-15-13-16-32(5)6)20-17-21(26(27,28)29)19-22(30)18-20/h17-19,31H,7-16,30H2,1-6H3. The van der Waals surface area contributed by atoms with Gasteiger partial charge < -0.3 is 15.4 Å². The number of unbranched alkanes of at least 4 members (excludes halogenated alkanes) is 5. The Morgan fingerprint density at radius 2 is 1.56 bits per heavy atom. The van der Waals surface area contributed by atoms with Gasteiger partial charge in [-0.2, -0.15) is 13.2 Å². The minimum atomic E-state index is -4.57. The number of carbonyl (C=O) groups excluding carboxylic acids is 1. The lowest BCUT2D eigenvalue weighted by molar-refractivity contribution is -0.164. The molecule has 3 N–H and O–H groups in total. The molecule has 0 heterocycles. The third kappa shape index (κ3) is 10.2. The first-order chi connectivity index (χ1) is 15.7. The maximum absolute atomic E-state index is 13.6. The van der Waals surface area contributed by atoms with E-state index in [9.17, 15) is 18.0 Å². The van der Waals surface area contributed by atoms with Crippen LogP contribution >= 0.6 is 0 Å². The van der Waals surface area contributed by atoms with Crippen LogP contribution in [-0.2, 0) is 21.2 Å². The molecule has 0 aromatic heterocycles. The zero-order valence-corrected chi connectivity index (χ0v) is 21.8. The van der Waals surface area contributed by atoms with Crippen molar-refractivity contribution >= 4 is 11.7 Å². The van der Waals surface area contributed by atoms with Crippen LogP contribution in [0.4, 0.5) is 18.9 Å². The van der Waals surface area contributed by atoms with E-state index in [1.54, 1.807) is 20.8 Å². The Balaban J connectivity index is 3.42. The molecule has 5 nitrogen and oxygen atoms in total. The number of carbonyl (C=O) groups is 1. The molecular formula is C26H44F3N3O2. The molecule has 1 unspecified atom stereocenters. The van der Waals surface area contributed by atoms with E-state index in [-0.39, 0.29) is 11.3 Å². The van der Waals surface area contributed by atoms with Gasteiger partial charge in [0.1, 0.15) is 11.1 Å². The van der Waals surface area contributed by atoms with Crippen LogP contribution in [0.3, 0.4) is 0 Å². The van der Waals surface area contributed by atoms with Gasteiger partial charge in [0.05, 0.1) is 5.56 Å². The van der Waals surface area contributed by atoms with Gasteiger partial charge in [-0.1, -0.05) is 45.4 Å². The van der Waals surface area contributed by atoms with Gasteiger partial charge in [-0.05, 0) is 84.6 Å². The Bertz CT molecular complexity index is 761. The predicted octanol–water partition coefficient (Wildman–Crippen LogP) is 6.12. The van der Waals surface area contributed by atoms with E-state index in [1.165, 1.54) is 6.07 Å². The molecule has 8 heteroatoms. The Hall–Kier alpha value is -1.80. The molecule has 0 aliphatic carbocycles. The highest BCUT2D eigenvalue weighted by atomic mass is 19.4. The zero-order valence-electron chi connectivity index (χ0n) is 21.8. The van der Waals surface area contributed by atoms with Crippen LogP contribution in [0.1, 0.15) is 90.2 Å². The number of rotatable bonds is 14. The fourth-order valence-corrected chi connectivity index (χ4v) is 3.92. The third-order valence-corrected chi connectivity index (χ3v) is 5.64. The van der Waals surface area contributed by atoms with Gasteiger partial charge in [-0.25, -0.2) is 4.79 Å². The number of anilines is 1. The highest BCUT2D eigenvalue weighted by Gasteiger charge is 2.44. The van der Waals surface area contributed by atoms with Crippen LogP contribution in [0, 0.1) is 0 Å². The van der Waals surface area contributed by atoms with Crippen LogP contribution in [-0.4, -0.2) is 43.7 Å². The molecule has 0 spiro atoms. The molecule has 1 rings (SSSR count). The topological polar surface area (TPSA) is 67.6 Å². The summed E-state index contributed by atoms with van der Waals surface area (Å²) in [6.07, 6.45) is 2.43. The van der Waals surface area contributed by atoms with Crippen molar-refractivity contribution in [1.82, 2.24) is 10.2 Å². The number of halogens is 3. The molecule has 0 saturated carbocycles. The van der Waals surface area contributed by atoms with Crippen molar-refractivity contribution in [3.05, 3.63) is 29.3 Å². The van der Waals surface area contributed by atoms with Gasteiger partial charge in [0.2, 0.25) is 0 Å². The Labute approximate surface area is 203 Å². The number of nitrogens with zero attached hydrogens (tertiary/aromatic N) is 1. The minimum Gasteiger partial charge on any atom is -0.458 e. The van der Waals surface area contributed by atoms with Crippen molar-refractivity contribution in [2.45, 2.75) is 96.4 Å². The van der Waals surface area contributed by atoms with Crippen LogP contribution in [0.5, 0.6) is 0 Å². The third-order valence-electron chi connectivity index (χ3n) is 5.64. The molecule has 0 fully saturated rings.